The average Bonchev–Trinajstić information content (AvgIpc) is 2.49. The molecule has 1 N–H and O–H groups in total. The molecule has 2 rings (SSSR count). The predicted octanol–water partition coefficient (Wildman–Crippen LogP) is 4.94. The molecule has 21 heavy (non-hydrogen) atoms. The first-order chi connectivity index (χ1) is 10.0. The van der Waals surface area contributed by atoms with Crippen LogP contribution in [0.15, 0.2) is 42.5 Å². The van der Waals surface area contributed by atoms with Crippen molar-refractivity contribution in [3.63, 3.8) is 0 Å². The molecule has 2 unspecified atom stereocenters. The van der Waals surface area contributed by atoms with Gasteiger partial charge in [0.2, 0.25) is 0 Å². The second-order valence-corrected chi connectivity index (χ2v) is 5.37. The number of hydrogen-bond acceptors (Lipinski definition) is 1. The Bertz CT molecular complexity index is 593. The van der Waals surface area contributed by atoms with Crippen LogP contribution in [0.5, 0.6) is 0 Å². The Morgan fingerprint density at radius 2 is 1.62 bits per heavy atom. The zero-order valence-corrected chi connectivity index (χ0v) is 12.7. The molecule has 3 heteroatoms. The molecule has 0 aliphatic rings. The first-order valence-corrected chi connectivity index (χ1v) is 7.31. The standard InChI is InChI=1S/C18H21F2N/c1-4-14-5-7-15(8-6-14)12(2)21-13(3)17-11-16(19)9-10-18(17)20/h5-13,21H,4H2,1-3H3. The van der Waals surface area contributed by atoms with Crippen molar-refractivity contribution < 1.29 is 8.78 Å². The van der Waals surface area contributed by atoms with Gasteiger partial charge >= 0.3 is 0 Å². The largest absolute Gasteiger partial charge is 0.304 e. The monoisotopic (exact) mass is 289 g/mol. The van der Waals surface area contributed by atoms with Gasteiger partial charge in [-0.2, -0.15) is 0 Å². The maximum atomic E-state index is 13.8. The Morgan fingerprint density at radius 3 is 2.24 bits per heavy atom. The van der Waals surface area contributed by atoms with Gasteiger partial charge in [-0.3, -0.25) is 0 Å². The maximum Gasteiger partial charge on any atom is 0.128 e. The summed E-state index contributed by atoms with van der Waals surface area (Å²) in [7, 11) is 0. The lowest BCUT2D eigenvalue weighted by Gasteiger charge is -2.21. The van der Waals surface area contributed by atoms with E-state index in [-0.39, 0.29) is 17.9 Å². The Labute approximate surface area is 125 Å². The van der Waals surface area contributed by atoms with E-state index in [0.717, 1.165) is 18.1 Å². The molecule has 0 fully saturated rings. The van der Waals surface area contributed by atoms with Crippen molar-refractivity contribution in [2.45, 2.75) is 39.3 Å². The third-order valence-electron chi connectivity index (χ3n) is 3.81. The first kappa shape index (κ1) is 15.6. The normalized spacial score (nSPS) is 14.0. The van der Waals surface area contributed by atoms with Gasteiger partial charge in [0.25, 0.3) is 0 Å². The van der Waals surface area contributed by atoms with E-state index in [1.54, 1.807) is 0 Å². The fraction of sp³-hybridized carbons (Fsp3) is 0.333. The van der Waals surface area contributed by atoms with Crippen LogP contribution < -0.4 is 5.32 Å². The van der Waals surface area contributed by atoms with Crippen LogP contribution in [-0.4, -0.2) is 0 Å². The van der Waals surface area contributed by atoms with Crippen molar-refractivity contribution in [1.82, 2.24) is 5.32 Å². The zero-order chi connectivity index (χ0) is 15.4. The van der Waals surface area contributed by atoms with Crippen LogP contribution in [0.2, 0.25) is 0 Å². The molecular formula is C18H21F2N. The van der Waals surface area contributed by atoms with Gasteiger partial charge in [0.05, 0.1) is 0 Å². The molecule has 0 amide bonds. The topological polar surface area (TPSA) is 12.0 Å². The third-order valence-corrected chi connectivity index (χ3v) is 3.81. The third kappa shape index (κ3) is 3.88. The highest BCUT2D eigenvalue weighted by Gasteiger charge is 2.15. The fourth-order valence-corrected chi connectivity index (χ4v) is 2.45. The molecule has 0 aliphatic carbocycles. The Balaban J connectivity index is 2.10. The number of halogens is 2. The van der Waals surface area contributed by atoms with Gasteiger partial charge in [-0.15, -0.1) is 0 Å². The minimum Gasteiger partial charge on any atom is -0.304 e. The van der Waals surface area contributed by atoms with Gasteiger partial charge in [-0.1, -0.05) is 31.2 Å². The second kappa shape index (κ2) is 6.81. The lowest BCUT2D eigenvalue weighted by molar-refractivity contribution is 0.469. The molecule has 2 aromatic rings. The summed E-state index contributed by atoms with van der Waals surface area (Å²) >= 11 is 0. The fourth-order valence-electron chi connectivity index (χ4n) is 2.45. The molecule has 2 aromatic carbocycles. The zero-order valence-electron chi connectivity index (χ0n) is 12.7. The van der Waals surface area contributed by atoms with E-state index in [1.807, 2.05) is 13.8 Å². The highest BCUT2D eigenvalue weighted by molar-refractivity contribution is 5.26. The summed E-state index contributed by atoms with van der Waals surface area (Å²) in [6.07, 6.45) is 1.01. The van der Waals surface area contributed by atoms with Gasteiger partial charge in [0, 0.05) is 17.6 Å². The van der Waals surface area contributed by atoms with E-state index in [2.05, 4.69) is 36.5 Å². The maximum absolute atomic E-state index is 13.8. The highest BCUT2D eigenvalue weighted by atomic mass is 19.1. The van der Waals surface area contributed by atoms with Gasteiger partial charge in [0.15, 0.2) is 0 Å². The lowest BCUT2D eigenvalue weighted by Crippen LogP contribution is -2.23. The molecular weight excluding hydrogens is 268 g/mol. The molecule has 0 bridgehead atoms. The molecule has 0 saturated heterocycles. The summed E-state index contributed by atoms with van der Waals surface area (Å²) in [5, 5.41) is 3.31. The van der Waals surface area contributed by atoms with Gasteiger partial charge in [-0.25, -0.2) is 8.78 Å². The molecule has 2 atom stereocenters. The molecule has 0 heterocycles. The minimum atomic E-state index is -0.417. The number of rotatable bonds is 5. The summed E-state index contributed by atoms with van der Waals surface area (Å²) in [4.78, 5) is 0. The van der Waals surface area contributed by atoms with E-state index >= 15 is 0 Å². The van der Waals surface area contributed by atoms with E-state index in [4.69, 9.17) is 0 Å². The summed E-state index contributed by atoms with van der Waals surface area (Å²) in [6, 6.07) is 11.7. The Hall–Kier alpha value is -1.74. The van der Waals surface area contributed by atoms with Crippen LogP contribution in [0.3, 0.4) is 0 Å². The number of benzene rings is 2. The Kier molecular flexibility index (Phi) is 5.07. The highest BCUT2D eigenvalue weighted by Crippen LogP contribution is 2.22. The summed E-state index contributed by atoms with van der Waals surface area (Å²) in [6.45, 7) is 5.98. The molecule has 0 aromatic heterocycles. The van der Waals surface area contributed by atoms with Gasteiger partial charge in [0.1, 0.15) is 11.6 Å². The molecule has 1 nitrogen and oxygen atoms in total. The summed E-state index contributed by atoms with van der Waals surface area (Å²) < 4.78 is 27.0. The first-order valence-electron chi connectivity index (χ1n) is 7.31. The van der Waals surface area contributed by atoms with E-state index < -0.39 is 5.82 Å². The van der Waals surface area contributed by atoms with Gasteiger partial charge < -0.3 is 5.32 Å². The predicted molar refractivity (Wildman–Crippen MR) is 82.1 cm³/mol. The average molecular weight is 289 g/mol. The van der Waals surface area contributed by atoms with E-state index in [1.165, 1.54) is 17.7 Å². The molecule has 112 valence electrons. The molecule has 0 saturated carbocycles. The van der Waals surface area contributed by atoms with Crippen molar-refractivity contribution in [3.8, 4) is 0 Å². The van der Waals surface area contributed by atoms with Gasteiger partial charge in [-0.05, 0) is 49.6 Å². The SMILES string of the molecule is CCc1ccc(C(C)NC(C)c2cc(F)ccc2F)cc1. The number of aryl methyl sites for hydroxylation is 1. The number of nitrogens with one attached hydrogen (secondary N) is 1. The smallest absolute Gasteiger partial charge is 0.128 e. The summed E-state index contributed by atoms with van der Waals surface area (Å²) in [5.74, 6) is -0.801. The second-order valence-electron chi connectivity index (χ2n) is 5.37. The quantitative estimate of drug-likeness (QED) is 0.822. The van der Waals surface area contributed by atoms with Crippen LogP contribution in [0.1, 0.15) is 49.5 Å². The van der Waals surface area contributed by atoms with Crippen LogP contribution in [-0.2, 0) is 6.42 Å². The molecule has 0 aliphatic heterocycles. The van der Waals surface area contributed by atoms with Crippen molar-refractivity contribution in [3.05, 3.63) is 70.8 Å². The van der Waals surface area contributed by atoms with Crippen molar-refractivity contribution in [1.29, 1.82) is 0 Å². The minimum absolute atomic E-state index is 0.0635. The van der Waals surface area contributed by atoms with Crippen molar-refractivity contribution >= 4 is 0 Å². The van der Waals surface area contributed by atoms with E-state index in [0.29, 0.717) is 5.56 Å². The van der Waals surface area contributed by atoms with Crippen LogP contribution in [0.25, 0.3) is 0 Å². The van der Waals surface area contributed by atoms with Crippen LogP contribution >= 0.6 is 0 Å². The van der Waals surface area contributed by atoms with Crippen molar-refractivity contribution in [2.24, 2.45) is 0 Å². The van der Waals surface area contributed by atoms with E-state index in [9.17, 15) is 8.78 Å². The summed E-state index contributed by atoms with van der Waals surface area (Å²) in [5.41, 5.74) is 2.78. The van der Waals surface area contributed by atoms with Crippen molar-refractivity contribution in [2.75, 3.05) is 0 Å². The molecule has 0 spiro atoms. The van der Waals surface area contributed by atoms with Crippen LogP contribution in [0.4, 0.5) is 8.78 Å². The Morgan fingerprint density at radius 1 is 0.952 bits per heavy atom. The molecule has 0 radical (unpaired) electrons. The number of hydrogen-bond donors (Lipinski definition) is 1. The lowest BCUT2D eigenvalue weighted by atomic mass is 10.0. The van der Waals surface area contributed by atoms with Crippen LogP contribution in [0, 0.1) is 11.6 Å².